The van der Waals surface area contributed by atoms with Gasteiger partial charge in [0.2, 0.25) is 5.91 Å². The lowest BCUT2D eigenvalue weighted by Gasteiger charge is -2.31. The van der Waals surface area contributed by atoms with E-state index in [4.69, 9.17) is 5.11 Å². The van der Waals surface area contributed by atoms with Crippen LogP contribution in [0.3, 0.4) is 0 Å². The molecule has 5 nitrogen and oxygen atoms in total. The van der Waals surface area contributed by atoms with Crippen molar-refractivity contribution in [2.75, 3.05) is 26.2 Å². The number of nitrogens with zero attached hydrogens (tertiary/aromatic N) is 1. The Hall–Kier alpha value is -1.10. The Morgan fingerprint density at radius 1 is 1.44 bits per heavy atom. The molecular formula is C13H24N2O3. The minimum Gasteiger partial charge on any atom is -0.481 e. The van der Waals surface area contributed by atoms with Gasteiger partial charge in [0, 0.05) is 19.5 Å². The van der Waals surface area contributed by atoms with E-state index in [0.29, 0.717) is 19.0 Å². The summed E-state index contributed by atoms with van der Waals surface area (Å²) in [6.07, 6.45) is 2.15. The summed E-state index contributed by atoms with van der Waals surface area (Å²) in [5.74, 6) is -0.0602. The summed E-state index contributed by atoms with van der Waals surface area (Å²) in [5, 5.41) is 11.7. The molecule has 0 bridgehead atoms. The molecule has 1 saturated heterocycles. The van der Waals surface area contributed by atoms with Crippen molar-refractivity contribution in [3.05, 3.63) is 0 Å². The fourth-order valence-electron chi connectivity index (χ4n) is 2.29. The minimum atomic E-state index is -0.744. The minimum absolute atomic E-state index is 0.0414. The molecule has 1 heterocycles. The summed E-state index contributed by atoms with van der Waals surface area (Å²) in [4.78, 5) is 24.4. The van der Waals surface area contributed by atoms with Gasteiger partial charge >= 0.3 is 5.97 Å². The van der Waals surface area contributed by atoms with E-state index in [0.717, 1.165) is 25.9 Å². The third-order valence-corrected chi connectivity index (χ3v) is 3.14. The van der Waals surface area contributed by atoms with Crippen LogP contribution in [0.5, 0.6) is 0 Å². The summed E-state index contributed by atoms with van der Waals surface area (Å²) >= 11 is 0. The van der Waals surface area contributed by atoms with Crippen molar-refractivity contribution in [2.24, 2.45) is 11.8 Å². The van der Waals surface area contributed by atoms with Crippen LogP contribution < -0.4 is 5.32 Å². The quantitative estimate of drug-likeness (QED) is 0.742. The largest absolute Gasteiger partial charge is 0.481 e. The molecule has 0 saturated carbocycles. The van der Waals surface area contributed by atoms with E-state index in [1.165, 1.54) is 0 Å². The maximum atomic E-state index is 11.7. The molecule has 1 amide bonds. The summed E-state index contributed by atoms with van der Waals surface area (Å²) in [5.41, 5.74) is 0. The van der Waals surface area contributed by atoms with Crippen molar-refractivity contribution in [1.29, 1.82) is 0 Å². The first kappa shape index (κ1) is 15.0. The van der Waals surface area contributed by atoms with Gasteiger partial charge in [-0.1, -0.05) is 13.8 Å². The number of hydrogen-bond acceptors (Lipinski definition) is 3. The van der Waals surface area contributed by atoms with Gasteiger partial charge in [-0.2, -0.15) is 0 Å². The van der Waals surface area contributed by atoms with Crippen LogP contribution in [0.25, 0.3) is 0 Å². The summed E-state index contributed by atoms with van der Waals surface area (Å²) in [6, 6.07) is 0. The Morgan fingerprint density at radius 3 is 2.78 bits per heavy atom. The normalized spacial score (nSPS) is 20.9. The molecule has 0 spiro atoms. The second kappa shape index (κ2) is 7.36. The average Bonchev–Trinajstić information content (AvgIpc) is 2.26. The average molecular weight is 256 g/mol. The number of nitrogens with one attached hydrogen (secondary N) is 1. The number of carbonyl (C=O) groups excluding carboxylic acids is 1. The molecular weight excluding hydrogens is 232 g/mol. The van der Waals surface area contributed by atoms with E-state index in [1.807, 2.05) is 0 Å². The van der Waals surface area contributed by atoms with Crippen LogP contribution in [0, 0.1) is 11.8 Å². The Bertz CT molecular complexity index is 292. The standard InChI is InChI=1S/C13H24N2O3/c1-10(2)7-14-12(16)9-15-5-3-4-11(8-15)6-13(17)18/h10-11H,3-9H2,1-2H3,(H,14,16)(H,17,18). The Balaban J connectivity index is 2.29. The molecule has 1 fully saturated rings. The summed E-state index contributed by atoms with van der Waals surface area (Å²) < 4.78 is 0. The number of piperidine rings is 1. The van der Waals surface area contributed by atoms with Gasteiger partial charge in [-0.05, 0) is 31.2 Å². The highest BCUT2D eigenvalue weighted by atomic mass is 16.4. The summed E-state index contributed by atoms with van der Waals surface area (Å²) in [6.45, 7) is 6.83. The molecule has 0 aromatic rings. The second-order valence-corrected chi connectivity index (χ2v) is 5.54. The van der Waals surface area contributed by atoms with Crippen LogP contribution in [0.1, 0.15) is 33.1 Å². The zero-order valence-electron chi connectivity index (χ0n) is 11.3. The van der Waals surface area contributed by atoms with Gasteiger partial charge in [-0.3, -0.25) is 14.5 Å². The molecule has 0 aliphatic carbocycles. The molecule has 1 rings (SSSR count). The van der Waals surface area contributed by atoms with Crippen LogP contribution in [-0.4, -0.2) is 48.1 Å². The lowest BCUT2D eigenvalue weighted by molar-refractivity contribution is -0.138. The van der Waals surface area contributed by atoms with Crippen molar-refractivity contribution in [1.82, 2.24) is 10.2 Å². The molecule has 1 aliphatic heterocycles. The van der Waals surface area contributed by atoms with E-state index in [1.54, 1.807) is 0 Å². The highest BCUT2D eigenvalue weighted by Crippen LogP contribution is 2.19. The predicted octanol–water partition coefficient (Wildman–Crippen LogP) is 0.945. The number of rotatable bonds is 6. The molecule has 18 heavy (non-hydrogen) atoms. The van der Waals surface area contributed by atoms with Crippen molar-refractivity contribution in [2.45, 2.75) is 33.1 Å². The van der Waals surface area contributed by atoms with E-state index in [2.05, 4.69) is 24.1 Å². The third kappa shape index (κ3) is 6.00. The topological polar surface area (TPSA) is 69.6 Å². The van der Waals surface area contributed by atoms with Crippen LogP contribution in [-0.2, 0) is 9.59 Å². The van der Waals surface area contributed by atoms with Gasteiger partial charge in [0.15, 0.2) is 0 Å². The van der Waals surface area contributed by atoms with E-state index in [9.17, 15) is 9.59 Å². The van der Waals surface area contributed by atoms with E-state index < -0.39 is 5.97 Å². The van der Waals surface area contributed by atoms with Crippen molar-refractivity contribution in [3.8, 4) is 0 Å². The maximum Gasteiger partial charge on any atom is 0.303 e. The monoisotopic (exact) mass is 256 g/mol. The highest BCUT2D eigenvalue weighted by Gasteiger charge is 2.23. The summed E-state index contributed by atoms with van der Waals surface area (Å²) in [7, 11) is 0. The van der Waals surface area contributed by atoms with Crippen LogP contribution in [0.15, 0.2) is 0 Å². The van der Waals surface area contributed by atoms with Gasteiger partial charge in [0.05, 0.1) is 6.54 Å². The molecule has 2 N–H and O–H groups in total. The number of carboxylic acid groups (broad SMARTS) is 1. The lowest BCUT2D eigenvalue weighted by atomic mass is 9.95. The number of carboxylic acids is 1. The zero-order chi connectivity index (χ0) is 13.5. The first-order valence-electron chi connectivity index (χ1n) is 6.68. The fourth-order valence-corrected chi connectivity index (χ4v) is 2.29. The Labute approximate surface area is 109 Å². The molecule has 0 aromatic carbocycles. The predicted molar refractivity (Wildman–Crippen MR) is 69.3 cm³/mol. The second-order valence-electron chi connectivity index (χ2n) is 5.54. The smallest absolute Gasteiger partial charge is 0.303 e. The zero-order valence-corrected chi connectivity index (χ0v) is 11.3. The Morgan fingerprint density at radius 2 is 2.17 bits per heavy atom. The molecule has 104 valence electrons. The fraction of sp³-hybridized carbons (Fsp3) is 0.846. The number of aliphatic carboxylic acids is 1. The molecule has 0 radical (unpaired) electrons. The molecule has 1 aliphatic rings. The number of likely N-dealkylation sites (tertiary alicyclic amines) is 1. The van der Waals surface area contributed by atoms with Gasteiger partial charge in [0.1, 0.15) is 0 Å². The molecule has 0 aromatic heterocycles. The van der Waals surface area contributed by atoms with Gasteiger partial charge < -0.3 is 10.4 Å². The molecule has 1 unspecified atom stereocenters. The van der Waals surface area contributed by atoms with Crippen molar-refractivity contribution < 1.29 is 14.7 Å². The van der Waals surface area contributed by atoms with Crippen LogP contribution in [0.4, 0.5) is 0 Å². The van der Waals surface area contributed by atoms with Crippen molar-refractivity contribution in [3.63, 3.8) is 0 Å². The lowest BCUT2D eigenvalue weighted by Crippen LogP contribution is -2.43. The van der Waals surface area contributed by atoms with E-state index >= 15 is 0 Å². The van der Waals surface area contributed by atoms with E-state index in [-0.39, 0.29) is 18.2 Å². The number of amides is 1. The van der Waals surface area contributed by atoms with Crippen LogP contribution >= 0.6 is 0 Å². The Kier molecular flexibility index (Phi) is 6.12. The first-order chi connectivity index (χ1) is 8.47. The van der Waals surface area contributed by atoms with Gasteiger partial charge in [-0.15, -0.1) is 0 Å². The van der Waals surface area contributed by atoms with Gasteiger partial charge in [-0.25, -0.2) is 0 Å². The van der Waals surface area contributed by atoms with Gasteiger partial charge in [0.25, 0.3) is 0 Å². The third-order valence-electron chi connectivity index (χ3n) is 3.14. The van der Waals surface area contributed by atoms with Crippen LogP contribution in [0.2, 0.25) is 0 Å². The first-order valence-corrected chi connectivity index (χ1v) is 6.68. The number of hydrogen-bond donors (Lipinski definition) is 2. The molecule has 5 heteroatoms. The highest BCUT2D eigenvalue weighted by molar-refractivity contribution is 5.78. The number of carbonyl (C=O) groups is 2. The van der Waals surface area contributed by atoms with Crippen molar-refractivity contribution >= 4 is 11.9 Å². The maximum absolute atomic E-state index is 11.7. The SMILES string of the molecule is CC(C)CNC(=O)CN1CCCC(CC(=O)O)C1. The molecule has 1 atom stereocenters.